The highest BCUT2D eigenvalue weighted by atomic mass is 32.2. The molecule has 3 aliphatic heterocycles. The summed E-state index contributed by atoms with van der Waals surface area (Å²) in [4.78, 5) is 78.3. The summed E-state index contributed by atoms with van der Waals surface area (Å²) in [7, 11) is 2.55. The molecular weight excluding hydrogens is 833 g/mol. The van der Waals surface area contributed by atoms with Gasteiger partial charge in [-0.1, -0.05) is 96.2 Å². The normalized spacial score (nSPS) is 17.0. The lowest BCUT2D eigenvalue weighted by molar-refractivity contribution is -0.151. The van der Waals surface area contributed by atoms with Crippen molar-refractivity contribution < 1.29 is 43.0 Å². The quantitative estimate of drug-likeness (QED) is 0.0377. The van der Waals surface area contributed by atoms with Crippen LogP contribution >= 0.6 is 23.1 Å². The Morgan fingerprint density at radius 1 is 0.806 bits per heavy atom. The lowest BCUT2D eigenvalue weighted by atomic mass is 9.77. The molecule has 1 aromatic heterocycles. The number of methoxy groups -OCH3 is 1. The zero-order valence-electron chi connectivity index (χ0n) is 33.9. The lowest BCUT2D eigenvalue weighted by Gasteiger charge is -2.50. The predicted molar refractivity (Wildman–Crippen MR) is 231 cm³/mol. The van der Waals surface area contributed by atoms with E-state index in [0.29, 0.717) is 29.7 Å². The molecule has 3 aliphatic rings. The van der Waals surface area contributed by atoms with Gasteiger partial charge < -0.3 is 34.6 Å². The van der Waals surface area contributed by atoms with E-state index in [2.05, 4.69) is 15.8 Å². The van der Waals surface area contributed by atoms with Crippen LogP contribution in [0.3, 0.4) is 0 Å². The van der Waals surface area contributed by atoms with Crippen LogP contribution in [0, 0.1) is 0 Å². The minimum Gasteiger partial charge on any atom is -0.464 e. The van der Waals surface area contributed by atoms with E-state index in [9.17, 15) is 24.0 Å². The van der Waals surface area contributed by atoms with Crippen molar-refractivity contribution in [3.8, 4) is 11.5 Å². The monoisotopic (exact) mass is 872 g/mol. The molecule has 5 aromatic rings. The van der Waals surface area contributed by atoms with Gasteiger partial charge in [0.1, 0.15) is 29.8 Å². The third kappa shape index (κ3) is 7.87. The highest BCUT2D eigenvalue weighted by Crippen LogP contribution is 2.45. The Bertz CT molecular complexity index is 2480. The largest absolute Gasteiger partial charge is 0.464 e. The van der Waals surface area contributed by atoms with Crippen LogP contribution in [0.4, 0.5) is 5.13 Å². The molecule has 1 unspecified atom stereocenters. The molecule has 62 heavy (non-hydrogen) atoms. The zero-order valence-corrected chi connectivity index (χ0v) is 35.6. The molecule has 1 fully saturated rings. The number of thiazole rings is 1. The van der Waals surface area contributed by atoms with Crippen molar-refractivity contribution in [1.29, 1.82) is 0 Å². The van der Waals surface area contributed by atoms with Crippen LogP contribution in [0.1, 0.15) is 47.4 Å². The summed E-state index contributed by atoms with van der Waals surface area (Å²) in [6.45, 7) is 3.09. The number of rotatable bonds is 13. The van der Waals surface area contributed by atoms with Crippen LogP contribution in [0.2, 0.25) is 0 Å². The topological polar surface area (TPSA) is 178 Å². The predicted octanol–water partition coefficient (Wildman–Crippen LogP) is 5.55. The van der Waals surface area contributed by atoms with Gasteiger partial charge in [-0.2, -0.15) is 0 Å². The minimum atomic E-state index is -1.01. The van der Waals surface area contributed by atoms with Crippen molar-refractivity contribution >= 4 is 63.7 Å². The first-order valence-electron chi connectivity index (χ1n) is 19.4. The van der Waals surface area contributed by atoms with E-state index in [1.165, 1.54) is 56.1 Å². The Balaban J connectivity index is 1.03. The maximum absolute atomic E-state index is 14.0. The molecule has 4 aromatic carbocycles. The Hall–Kier alpha value is -6.98. The molecule has 8 rings (SSSR count). The van der Waals surface area contributed by atoms with Gasteiger partial charge in [-0.25, -0.2) is 9.78 Å². The van der Waals surface area contributed by atoms with Gasteiger partial charge in [0, 0.05) is 38.1 Å². The molecule has 4 heterocycles. The van der Waals surface area contributed by atoms with Crippen molar-refractivity contribution in [2.45, 2.75) is 43.9 Å². The maximum atomic E-state index is 14.0. The van der Waals surface area contributed by atoms with Crippen LogP contribution in [-0.2, 0) is 52.2 Å². The van der Waals surface area contributed by atoms with Gasteiger partial charge in [-0.3, -0.25) is 24.1 Å². The Morgan fingerprint density at radius 2 is 1.34 bits per heavy atom. The first-order valence-corrected chi connectivity index (χ1v) is 21.3. The van der Waals surface area contributed by atoms with Crippen LogP contribution < -0.4 is 20.1 Å². The van der Waals surface area contributed by atoms with Gasteiger partial charge in [0.25, 0.3) is 11.8 Å². The number of carbonyl (C=O) groups is 5. The molecule has 0 spiro atoms. The number of carbonyl (C=O) groups excluding carboxylic acids is 5. The van der Waals surface area contributed by atoms with E-state index in [-0.39, 0.29) is 28.6 Å². The van der Waals surface area contributed by atoms with E-state index in [4.69, 9.17) is 24.0 Å². The van der Waals surface area contributed by atoms with Crippen molar-refractivity contribution in [2.75, 3.05) is 25.3 Å². The van der Waals surface area contributed by atoms with Crippen molar-refractivity contribution in [2.24, 2.45) is 5.16 Å². The van der Waals surface area contributed by atoms with Gasteiger partial charge in [-0.05, 0) is 39.9 Å². The summed E-state index contributed by atoms with van der Waals surface area (Å²) in [5.41, 5.74) is 4.25. The maximum Gasteiger partial charge on any atom is 0.356 e. The third-order valence-corrected chi connectivity index (χ3v) is 12.6. The fourth-order valence-electron chi connectivity index (χ4n) is 7.88. The smallest absolute Gasteiger partial charge is 0.356 e. The number of aromatic nitrogens is 1. The number of fused-ring (bicyclic) bond motifs is 2. The number of thioether (sulfide) groups is 1. The molecule has 0 bridgehead atoms. The summed E-state index contributed by atoms with van der Waals surface area (Å²) < 4.78 is 15.8. The highest BCUT2D eigenvalue weighted by Gasteiger charge is 2.55. The van der Waals surface area contributed by atoms with Gasteiger partial charge in [0.15, 0.2) is 28.0 Å². The first kappa shape index (κ1) is 41.7. The van der Waals surface area contributed by atoms with E-state index >= 15 is 0 Å². The number of β-lactam (4-membered cyclic amide) rings is 1. The molecule has 2 atom stereocenters. The van der Waals surface area contributed by atoms with Crippen LogP contribution in [-0.4, -0.2) is 81.6 Å². The van der Waals surface area contributed by atoms with Gasteiger partial charge in [0.2, 0.25) is 0 Å². The lowest BCUT2D eigenvalue weighted by Crippen LogP contribution is -2.71. The van der Waals surface area contributed by atoms with E-state index in [1.54, 1.807) is 17.5 Å². The van der Waals surface area contributed by atoms with Crippen molar-refractivity contribution in [3.05, 3.63) is 153 Å². The second kappa shape index (κ2) is 17.6. The fourth-order valence-corrected chi connectivity index (χ4v) is 10.0. The number of anilines is 1. The van der Waals surface area contributed by atoms with Crippen LogP contribution in [0.15, 0.2) is 125 Å². The number of nitrogens with zero attached hydrogens (tertiary/aromatic N) is 4. The standard InChI is InChI=1S/C45H40N6O9S2/c1-26(52)59-35-20-28-22-50(23-29(28)21-36(35)60-27(2)53)34-25-61-42-38(41(55)51(42)39(34)43(56)57-3)47-40(54)37(49-58-4)33-24-62-44(46-33)48-45(30-14-8-5-9-15-30,31-16-10-6-11-17-31)32-18-12-7-13-19-32/h5-21,24,38,42H,22-23,25H2,1-4H3,(H,46,48)(H,47,54)/t38?,42-/m0/s1. The zero-order chi connectivity index (χ0) is 43.5. The second-order valence-corrected chi connectivity index (χ2v) is 16.4. The molecule has 2 amide bonds. The molecule has 2 N–H and O–H groups in total. The molecule has 0 saturated carbocycles. The molecule has 17 heteroatoms. The number of ether oxygens (including phenoxy) is 3. The van der Waals surface area contributed by atoms with Crippen molar-refractivity contribution in [1.82, 2.24) is 20.1 Å². The summed E-state index contributed by atoms with van der Waals surface area (Å²) in [5, 5.41) is 12.1. The molecule has 15 nitrogen and oxygen atoms in total. The van der Waals surface area contributed by atoms with Gasteiger partial charge in [0.05, 0.1) is 12.8 Å². The van der Waals surface area contributed by atoms with E-state index in [1.807, 2.05) is 95.9 Å². The molecule has 0 radical (unpaired) electrons. The number of esters is 3. The third-order valence-electron chi connectivity index (χ3n) is 10.6. The van der Waals surface area contributed by atoms with Crippen LogP contribution in [0.25, 0.3) is 0 Å². The van der Waals surface area contributed by atoms with Crippen molar-refractivity contribution in [3.63, 3.8) is 0 Å². The molecule has 1 saturated heterocycles. The second-order valence-electron chi connectivity index (χ2n) is 14.4. The average Bonchev–Trinajstić information content (AvgIpc) is 3.92. The summed E-state index contributed by atoms with van der Waals surface area (Å²) in [6.07, 6.45) is 0. The highest BCUT2D eigenvalue weighted by molar-refractivity contribution is 8.00. The minimum absolute atomic E-state index is 0.0553. The number of hydrogen-bond donors (Lipinski definition) is 2. The Kier molecular flexibility index (Phi) is 11.8. The van der Waals surface area contributed by atoms with Gasteiger partial charge in [-0.15, -0.1) is 23.1 Å². The summed E-state index contributed by atoms with van der Waals surface area (Å²) in [5.74, 6) is -2.63. The summed E-state index contributed by atoms with van der Waals surface area (Å²) >= 11 is 2.66. The number of nitrogens with one attached hydrogen (secondary N) is 2. The number of oxime groups is 1. The summed E-state index contributed by atoms with van der Waals surface area (Å²) in [6, 6.07) is 32.3. The van der Waals surface area contributed by atoms with E-state index < -0.39 is 46.7 Å². The molecule has 0 aliphatic carbocycles. The average molecular weight is 873 g/mol. The number of benzene rings is 4. The molecular formula is C45H40N6O9S2. The number of hydrogen-bond acceptors (Lipinski definition) is 15. The van der Waals surface area contributed by atoms with Crippen LogP contribution in [0.5, 0.6) is 11.5 Å². The van der Waals surface area contributed by atoms with Gasteiger partial charge >= 0.3 is 17.9 Å². The van der Waals surface area contributed by atoms with E-state index in [0.717, 1.165) is 27.8 Å². The first-order chi connectivity index (χ1) is 30.0. The fraction of sp³-hybridized carbons (Fsp3) is 0.222. The SMILES string of the molecule is CON=C(C(=O)NC1C(=O)N2C(C(=O)OC)=C(N3Cc4cc(OC(C)=O)c(OC(C)=O)cc4C3)CS[C@@H]12)c1csc(NC(c2ccccc2)(c2ccccc2)c2ccccc2)n1. The Labute approximate surface area is 364 Å². The number of amides is 2. The Morgan fingerprint density at radius 3 is 1.82 bits per heavy atom. The molecule has 316 valence electrons.